The molecule has 1 unspecified atom stereocenters. The number of carbonyl (C=O) groups excluding carboxylic acids is 1. The number of nitrogens with zero attached hydrogens (tertiary/aromatic N) is 2. The zero-order chi connectivity index (χ0) is 5.82. The highest BCUT2D eigenvalue weighted by Gasteiger charge is 2.02. The van der Waals surface area contributed by atoms with Crippen LogP contribution in [0.25, 0.3) is 0 Å². The summed E-state index contributed by atoms with van der Waals surface area (Å²) in [7, 11) is 0. The Balaban J connectivity index is 2.37. The van der Waals surface area contributed by atoms with Gasteiger partial charge in [-0.25, -0.2) is 9.98 Å². The van der Waals surface area contributed by atoms with Gasteiger partial charge in [-0.3, -0.25) is 4.79 Å². The highest BCUT2D eigenvalue weighted by Crippen LogP contribution is 1.91. The van der Waals surface area contributed by atoms with E-state index in [9.17, 15) is 4.79 Å². The predicted molar refractivity (Wildman–Crippen MR) is 27.9 cm³/mol. The van der Waals surface area contributed by atoms with Gasteiger partial charge in [0, 0.05) is 0 Å². The molecule has 1 aliphatic heterocycles. The molecule has 0 amide bonds. The van der Waals surface area contributed by atoms with Crippen molar-refractivity contribution in [2.45, 2.75) is 6.23 Å². The van der Waals surface area contributed by atoms with Gasteiger partial charge in [-0.1, -0.05) is 0 Å². The van der Waals surface area contributed by atoms with Crippen molar-refractivity contribution in [1.29, 1.82) is 0 Å². The van der Waals surface area contributed by atoms with Gasteiger partial charge in [-0.05, 0) is 0 Å². The molecule has 1 aliphatic rings. The van der Waals surface area contributed by atoms with E-state index >= 15 is 0 Å². The van der Waals surface area contributed by atoms with Crippen LogP contribution in [0.3, 0.4) is 0 Å². The Bertz CT molecular complexity index is 129. The Kier molecular flexibility index (Phi) is 1.37. The smallest absolute Gasteiger partial charge is 0.295 e. The maximum absolute atomic E-state index is 9.60. The Labute approximate surface area is 45.9 Å². The van der Waals surface area contributed by atoms with E-state index in [1.165, 1.54) is 12.6 Å². The predicted octanol–water partition coefficient (Wildman–Crippen LogP) is -0.402. The molecule has 0 fully saturated rings. The van der Waals surface area contributed by atoms with E-state index in [1.54, 1.807) is 0 Å². The second kappa shape index (κ2) is 2.20. The SMILES string of the molecule is O=COC1C=NC=N1. The van der Waals surface area contributed by atoms with Crippen molar-refractivity contribution in [2.75, 3.05) is 0 Å². The van der Waals surface area contributed by atoms with Crippen LogP contribution in [-0.2, 0) is 9.53 Å². The first-order valence-electron chi connectivity index (χ1n) is 2.07. The quantitative estimate of drug-likeness (QED) is 0.456. The van der Waals surface area contributed by atoms with Crippen LogP contribution in [0.4, 0.5) is 0 Å². The molecule has 4 heteroatoms. The number of carbonyl (C=O) groups is 1. The van der Waals surface area contributed by atoms with E-state index in [-0.39, 0.29) is 0 Å². The third-order valence-electron chi connectivity index (χ3n) is 0.689. The lowest BCUT2D eigenvalue weighted by Crippen LogP contribution is -2.06. The fraction of sp³-hybridized carbons (Fsp3) is 0.250. The summed E-state index contributed by atoms with van der Waals surface area (Å²) < 4.78 is 4.38. The minimum absolute atomic E-state index is 0.347. The van der Waals surface area contributed by atoms with Crippen molar-refractivity contribution in [3.05, 3.63) is 0 Å². The second-order valence-corrected chi connectivity index (χ2v) is 1.19. The summed E-state index contributed by atoms with van der Waals surface area (Å²) in [5.41, 5.74) is 0. The van der Waals surface area contributed by atoms with Gasteiger partial charge in [-0.15, -0.1) is 0 Å². The van der Waals surface area contributed by atoms with Crippen LogP contribution in [0.5, 0.6) is 0 Å². The van der Waals surface area contributed by atoms with E-state index in [2.05, 4.69) is 14.7 Å². The Morgan fingerprint density at radius 2 is 2.62 bits per heavy atom. The molecule has 1 rings (SSSR count). The maximum Gasteiger partial charge on any atom is 0.295 e. The van der Waals surface area contributed by atoms with Crippen LogP contribution in [-0.4, -0.2) is 25.3 Å². The molecule has 0 spiro atoms. The number of ether oxygens (including phenoxy) is 1. The van der Waals surface area contributed by atoms with Crippen molar-refractivity contribution in [2.24, 2.45) is 9.98 Å². The normalized spacial score (nSPS) is 23.8. The lowest BCUT2D eigenvalue weighted by Gasteiger charge is -1.95. The zero-order valence-electron chi connectivity index (χ0n) is 4.02. The minimum atomic E-state index is -0.479. The van der Waals surface area contributed by atoms with Gasteiger partial charge >= 0.3 is 0 Å². The molecule has 0 saturated heterocycles. The van der Waals surface area contributed by atoms with E-state index in [0.717, 1.165) is 0 Å². The molecule has 1 heterocycles. The summed E-state index contributed by atoms with van der Waals surface area (Å²) in [5, 5.41) is 0. The topological polar surface area (TPSA) is 51.0 Å². The van der Waals surface area contributed by atoms with Gasteiger partial charge in [-0.2, -0.15) is 0 Å². The lowest BCUT2D eigenvalue weighted by molar-refractivity contribution is -0.130. The first-order valence-corrected chi connectivity index (χ1v) is 2.07. The first kappa shape index (κ1) is 4.96. The average Bonchev–Trinajstić information content (AvgIpc) is 2.19. The molecular weight excluding hydrogens is 108 g/mol. The van der Waals surface area contributed by atoms with Gasteiger partial charge in [0.2, 0.25) is 6.23 Å². The fourth-order valence-corrected chi connectivity index (χ4v) is 0.382. The number of aliphatic imine (C=N–C) groups is 2. The zero-order valence-corrected chi connectivity index (χ0v) is 4.02. The number of hydrogen-bond donors (Lipinski definition) is 0. The molecule has 42 valence electrons. The van der Waals surface area contributed by atoms with Crippen LogP contribution >= 0.6 is 0 Å². The third-order valence-corrected chi connectivity index (χ3v) is 0.689. The summed E-state index contributed by atoms with van der Waals surface area (Å²) in [6.07, 6.45) is 2.30. The van der Waals surface area contributed by atoms with Crippen molar-refractivity contribution in [3.63, 3.8) is 0 Å². The molecule has 0 radical (unpaired) electrons. The third kappa shape index (κ3) is 0.900. The fourth-order valence-electron chi connectivity index (χ4n) is 0.382. The van der Waals surface area contributed by atoms with E-state index in [4.69, 9.17) is 0 Å². The molecule has 0 saturated carbocycles. The van der Waals surface area contributed by atoms with Crippen LogP contribution in [0.2, 0.25) is 0 Å². The molecule has 8 heavy (non-hydrogen) atoms. The van der Waals surface area contributed by atoms with Crippen molar-refractivity contribution in [1.82, 2.24) is 0 Å². The summed E-state index contributed by atoms with van der Waals surface area (Å²) in [6, 6.07) is 0. The van der Waals surface area contributed by atoms with Crippen LogP contribution in [0.1, 0.15) is 0 Å². The summed E-state index contributed by atoms with van der Waals surface area (Å²) in [4.78, 5) is 16.8. The van der Waals surface area contributed by atoms with Crippen LogP contribution in [0, 0.1) is 0 Å². The maximum atomic E-state index is 9.60. The lowest BCUT2D eigenvalue weighted by atomic mass is 10.7. The Hall–Kier alpha value is -1.19. The molecule has 4 nitrogen and oxygen atoms in total. The van der Waals surface area contributed by atoms with Gasteiger partial charge in [0.1, 0.15) is 6.34 Å². The number of rotatable bonds is 2. The standard InChI is InChI=1S/C4H4N2O2/c7-3-8-4-1-5-2-6-4/h1-4H. The number of hydrogen-bond acceptors (Lipinski definition) is 4. The van der Waals surface area contributed by atoms with Crippen molar-refractivity contribution < 1.29 is 9.53 Å². The van der Waals surface area contributed by atoms with E-state index < -0.39 is 6.23 Å². The molecule has 0 N–H and O–H groups in total. The molecule has 0 bridgehead atoms. The van der Waals surface area contributed by atoms with Crippen molar-refractivity contribution >= 4 is 19.0 Å². The van der Waals surface area contributed by atoms with Gasteiger partial charge in [0.15, 0.2) is 0 Å². The van der Waals surface area contributed by atoms with Crippen LogP contribution in [0.15, 0.2) is 9.98 Å². The minimum Gasteiger partial charge on any atom is -0.436 e. The molecule has 0 aliphatic carbocycles. The molecule has 1 atom stereocenters. The summed E-state index contributed by atoms with van der Waals surface area (Å²) in [5.74, 6) is 0. The molecule has 0 aromatic rings. The molecule has 0 aromatic carbocycles. The summed E-state index contributed by atoms with van der Waals surface area (Å²) in [6.45, 7) is 0.347. The van der Waals surface area contributed by atoms with E-state index in [0.29, 0.717) is 6.47 Å². The second-order valence-electron chi connectivity index (χ2n) is 1.19. The average molecular weight is 112 g/mol. The largest absolute Gasteiger partial charge is 0.436 e. The highest BCUT2D eigenvalue weighted by atomic mass is 16.5. The monoisotopic (exact) mass is 112 g/mol. The van der Waals surface area contributed by atoms with Crippen molar-refractivity contribution in [3.8, 4) is 0 Å². The Morgan fingerprint density at radius 1 is 1.75 bits per heavy atom. The first-order chi connectivity index (χ1) is 3.93. The molecule has 0 aromatic heterocycles. The highest BCUT2D eigenvalue weighted by molar-refractivity contribution is 5.81. The van der Waals surface area contributed by atoms with Gasteiger partial charge in [0.25, 0.3) is 6.47 Å². The van der Waals surface area contributed by atoms with E-state index in [1.807, 2.05) is 0 Å². The van der Waals surface area contributed by atoms with Gasteiger partial charge in [0.05, 0.1) is 6.21 Å². The van der Waals surface area contributed by atoms with Crippen LogP contribution < -0.4 is 0 Å². The summed E-state index contributed by atoms with van der Waals surface area (Å²) >= 11 is 0. The van der Waals surface area contributed by atoms with Gasteiger partial charge < -0.3 is 4.74 Å². The molecular formula is C4H4N2O2. The Morgan fingerprint density at radius 3 is 3.12 bits per heavy atom.